The smallest absolute Gasteiger partial charge is 0.295 e. The van der Waals surface area contributed by atoms with Crippen molar-refractivity contribution < 1.29 is 12.8 Å². The number of pyridine rings is 1. The van der Waals surface area contributed by atoms with Crippen molar-refractivity contribution in [1.82, 2.24) is 4.98 Å². The predicted molar refractivity (Wildman–Crippen MR) is 107 cm³/mol. The number of benzene rings is 2. The summed E-state index contributed by atoms with van der Waals surface area (Å²) in [5, 5.41) is 1.36. The van der Waals surface area contributed by atoms with E-state index in [1.54, 1.807) is 18.2 Å². The van der Waals surface area contributed by atoms with Gasteiger partial charge in [-0.15, -0.1) is 0 Å². The largest absolute Gasteiger partial charge is 0.443 e. The van der Waals surface area contributed by atoms with Gasteiger partial charge in [0.1, 0.15) is 10.6 Å². The lowest BCUT2D eigenvalue weighted by molar-refractivity contribution is 0.484. The Balaban J connectivity index is 1.69. The van der Waals surface area contributed by atoms with Crippen molar-refractivity contribution in [2.45, 2.75) is 15.0 Å². The lowest BCUT2D eigenvalue weighted by Crippen LogP contribution is -2.13. The number of fused-ring (bicyclic) bond motifs is 1. The number of aromatic nitrogens is 1. The molecule has 0 bridgehead atoms. The Labute approximate surface area is 165 Å². The molecule has 4 rings (SSSR count). The molecule has 2 heterocycles. The quantitative estimate of drug-likeness (QED) is 0.469. The molecule has 0 atom stereocenters. The Bertz CT molecular complexity index is 1180. The van der Waals surface area contributed by atoms with Crippen LogP contribution in [0.3, 0.4) is 0 Å². The molecule has 0 aliphatic rings. The van der Waals surface area contributed by atoms with Gasteiger partial charge in [-0.2, -0.15) is 8.42 Å². The standard InChI is InChI=1S/C19H13ClN2O3S2/c20-14-11-16(19(21-12-14)26-15-7-2-1-3-8-15)22-27(23,24)18-10-13-6-4-5-9-17(13)25-18/h1-12,22H. The summed E-state index contributed by atoms with van der Waals surface area (Å²) in [6.07, 6.45) is 1.48. The van der Waals surface area contributed by atoms with Crippen molar-refractivity contribution in [3.05, 3.63) is 77.9 Å². The van der Waals surface area contributed by atoms with Crippen molar-refractivity contribution in [1.29, 1.82) is 0 Å². The highest BCUT2D eigenvalue weighted by atomic mass is 35.5. The molecule has 0 radical (unpaired) electrons. The molecule has 2 aromatic heterocycles. The van der Waals surface area contributed by atoms with Gasteiger partial charge in [0, 0.05) is 22.5 Å². The molecule has 0 saturated heterocycles. The van der Waals surface area contributed by atoms with Gasteiger partial charge in [0.15, 0.2) is 0 Å². The van der Waals surface area contributed by atoms with E-state index in [4.69, 9.17) is 16.0 Å². The first kappa shape index (κ1) is 17.9. The van der Waals surface area contributed by atoms with Gasteiger partial charge in [0.25, 0.3) is 10.0 Å². The minimum atomic E-state index is -3.94. The molecule has 4 aromatic rings. The third kappa shape index (κ3) is 3.95. The Kier molecular flexibility index (Phi) is 4.82. The normalized spacial score (nSPS) is 11.6. The van der Waals surface area contributed by atoms with Gasteiger partial charge in [0.05, 0.1) is 10.7 Å². The summed E-state index contributed by atoms with van der Waals surface area (Å²) in [6, 6.07) is 19.7. The van der Waals surface area contributed by atoms with Crippen LogP contribution in [0.1, 0.15) is 0 Å². The summed E-state index contributed by atoms with van der Waals surface area (Å²) in [5.41, 5.74) is 0.790. The van der Waals surface area contributed by atoms with Crippen LogP contribution < -0.4 is 4.72 Å². The number of para-hydroxylation sites is 1. The number of hydrogen-bond acceptors (Lipinski definition) is 5. The SMILES string of the molecule is O=S(=O)(Nc1cc(Cl)cnc1Sc1ccccc1)c1cc2ccccc2o1. The molecule has 2 aromatic carbocycles. The zero-order valence-electron chi connectivity index (χ0n) is 13.8. The predicted octanol–water partition coefficient (Wildman–Crippen LogP) is 5.43. The van der Waals surface area contributed by atoms with Crippen LogP contribution in [-0.2, 0) is 10.0 Å². The van der Waals surface area contributed by atoms with Gasteiger partial charge in [-0.1, -0.05) is 59.8 Å². The number of rotatable bonds is 5. The number of nitrogens with zero attached hydrogens (tertiary/aromatic N) is 1. The highest BCUT2D eigenvalue weighted by Crippen LogP contribution is 2.34. The second-order valence-corrected chi connectivity index (χ2v) is 8.74. The fourth-order valence-corrected chi connectivity index (χ4v) is 4.56. The van der Waals surface area contributed by atoms with E-state index >= 15 is 0 Å². The minimum Gasteiger partial charge on any atom is -0.443 e. The first-order chi connectivity index (χ1) is 13.0. The number of nitrogens with one attached hydrogen (secondary N) is 1. The van der Waals surface area contributed by atoms with Gasteiger partial charge in [-0.05, 0) is 24.3 Å². The Hall–Kier alpha value is -2.48. The maximum atomic E-state index is 12.8. The van der Waals surface area contributed by atoms with Crippen LogP contribution in [0, 0.1) is 0 Å². The van der Waals surface area contributed by atoms with Crippen molar-refractivity contribution >= 4 is 50.0 Å². The molecule has 0 amide bonds. The molecule has 8 heteroatoms. The third-order valence-electron chi connectivity index (χ3n) is 3.69. The van der Waals surface area contributed by atoms with E-state index in [9.17, 15) is 8.42 Å². The van der Waals surface area contributed by atoms with E-state index in [0.717, 1.165) is 4.90 Å². The van der Waals surface area contributed by atoms with Crippen LogP contribution in [0.15, 0.2) is 92.4 Å². The van der Waals surface area contributed by atoms with Gasteiger partial charge in [-0.3, -0.25) is 4.72 Å². The lowest BCUT2D eigenvalue weighted by atomic mass is 10.3. The van der Waals surface area contributed by atoms with E-state index in [1.165, 1.54) is 30.1 Å². The van der Waals surface area contributed by atoms with Crippen LogP contribution >= 0.6 is 23.4 Å². The van der Waals surface area contributed by atoms with Crippen LogP contribution in [0.2, 0.25) is 5.02 Å². The van der Waals surface area contributed by atoms with Crippen LogP contribution in [-0.4, -0.2) is 13.4 Å². The first-order valence-electron chi connectivity index (χ1n) is 7.91. The Morgan fingerprint density at radius 2 is 1.74 bits per heavy atom. The van der Waals surface area contributed by atoms with Crippen molar-refractivity contribution in [2.75, 3.05) is 4.72 Å². The summed E-state index contributed by atoms with van der Waals surface area (Å²) in [5.74, 6) is 0. The minimum absolute atomic E-state index is 0.167. The second kappa shape index (κ2) is 7.26. The van der Waals surface area contributed by atoms with Gasteiger partial charge >= 0.3 is 0 Å². The molecule has 0 fully saturated rings. The van der Waals surface area contributed by atoms with Gasteiger partial charge in [-0.25, -0.2) is 4.98 Å². The fraction of sp³-hybridized carbons (Fsp3) is 0. The molecule has 0 spiro atoms. The van der Waals surface area contributed by atoms with Crippen molar-refractivity contribution in [3.63, 3.8) is 0 Å². The summed E-state index contributed by atoms with van der Waals surface area (Å²) >= 11 is 7.37. The highest BCUT2D eigenvalue weighted by molar-refractivity contribution is 7.99. The number of sulfonamides is 1. The van der Waals surface area contributed by atoms with Gasteiger partial charge < -0.3 is 4.42 Å². The number of furan rings is 1. The Morgan fingerprint density at radius 3 is 2.52 bits per heavy atom. The zero-order valence-corrected chi connectivity index (χ0v) is 16.2. The summed E-state index contributed by atoms with van der Waals surface area (Å²) in [6.45, 7) is 0. The number of hydrogen-bond donors (Lipinski definition) is 1. The van der Waals surface area contributed by atoms with E-state index < -0.39 is 10.0 Å². The second-order valence-electron chi connectivity index (χ2n) is 5.63. The number of anilines is 1. The number of halogens is 1. The maximum Gasteiger partial charge on any atom is 0.295 e. The molecule has 136 valence electrons. The molecular formula is C19H13ClN2O3S2. The topological polar surface area (TPSA) is 72.2 Å². The van der Waals surface area contributed by atoms with Crippen LogP contribution in [0.4, 0.5) is 5.69 Å². The monoisotopic (exact) mass is 416 g/mol. The molecule has 0 aliphatic carbocycles. The van der Waals surface area contributed by atoms with Crippen molar-refractivity contribution in [3.8, 4) is 0 Å². The van der Waals surface area contributed by atoms with E-state index in [-0.39, 0.29) is 10.8 Å². The summed E-state index contributed by atoms with van der Waals surface area (Å²) in [7, 11) is -3.94. The van der Waals surface area contributed by atoms with Crippen LogP contribution in [0.5, 0.6) is 0 Å². The zero-order chi connectivity index (χ0) is 18.9. The van der Waals surface area contributed by atoms with E-state index in [1.807, 2.05) is 36.4 Å². The third-order valence-corrected chi connectivity index (χ3v) is 6.14. The average Bonchev–Trinajstić information content (AvgIpc) is 3.10. The molecule has 1 N–H and O–H groups in total. The highest BCUT2D eigenvalue weighted by Gasteiger charge is 2.22. The first-order valence-corrected chi connectivity index (χ1v) is 10.6. The molecule has 27 heavy (non-hydrogen) atoms. The lowest BCUT2D eigenvalue weighted by Gasteiger charge is -2.10. The average molecular weight is 417 g/mol. The molecular weight excluding hydrogens is 404 g/mol. The van der Waals surface area contributed by atoms with Crippen LogP contribution in [0.25, 0.3) is 11.0 Å². The van der Waals surface area contributed by atoms with E-state index in [0.29, 0.717) is 21.0 Å². The maximum absolute atomic E-state index is 12.8. The molecule has 0 aliphatic heterocycles. The molecule has 0 unspecified atom stereocenters. The molecule has 5 nitrogen and oxygen atoms in total. The van der Waals surface area contributed by atoms with Crippen molar-refractivity contribution in [2.24, 2.45) is 0 Å². The fourth-order valence-electron chi connectivity index (χ4n) is 2.47. The molecule has 0 saturated carbocycles. The van der Waals surface area contributed by atoms with Gasteiger partial charge in [0.2, 0.25) is 5.09 Å². The van der Waals surface area contributed by atoms with E-state index in [2.05, 4.69) is 9.71 Å². The Morgan fingerprint density at radius 1 is 1.00 bits per heavy atom. The summed E-state index contributed by atoms with van der Waals surface area (Å²) in [4.78, 5) is 5.19. The summed E-state index contributed by atoms with van der Waals surface area (Å²) < 4.78 is 33.6.